The third-order valence-corrected chi connectivity index (χ3v) is 4.72. The van der Waals surface area contributed by atoms with E-state index in [9.17, 15) is 14.9 Å². The van der Waals surface area contributed by atoms with Gasteiger partial charge in [-0.2, -0.15) is 0 Å². The smallest absolute Gasteiger partial charge is 0.269 e. The van der Waals surface area contributed by atoms with E-state index in [1.165, 1.54) is 19.2 Å². The minimum absolute atomic E-state index is 0.0122. The van der Waals surface area contributed by atoms with Gasteiger partial charge >= 0.3 is 0 Å². The van der Waals surface area contributed by atoms with Crippen LogP contribution >= 0.6 is 0 Å². The molecule has 0 aliphatic rings. The van der Waals surface area contributed by atoms with E-state index in [1.807, 2.05) is 30.3 Å². The van der Waals surface area contributed by atoms with E-state index in [-0.39, 0.29) is 23.9 Å². The first-order valence-electron chi connectivity index (χ1n) is 9.33. The summed E-state index contributed by atoms with van der Waals surface area (Å²) < 4.78 is 10.5. The van der Waals surface area contributed by atoms with Crippen molar-refractivity contribution in [3.05, 3.63) is 94.0 Å². The fourth-order valence-corrected chi connectivity index (χ4v) is 3.13. The topological polar surface area (TPSA) is 90.7 Å². The molecule has 3 aromatic carbocycles. The predicted molar refractivity (Wildman–Crippen MR) is 114 cm³/mol. The van der Waals surface area contributed by atoms with E-state index >= 15 is 0 Å². The van der Waals surface area contributed by atoms with Crippen molar-refractivity contribution in [2.24, 2.45) is 0 Å². The number of carbonyl (C=O) groups is 1. The van der Waals surface area contributed by atoms with Crippen LogP contribution in [0.5, 0.6) is 11.5 Å². The Kier molecular flexibility index (Phi) is 6.64. The number of ether oxygens (including phenoxy) is 2. The van der Waals surface area contributed by atoms with Gasteiger partial charge in [0, 0.05) is 29.8 Å². The first-order valence-corrected chi connectivity index (χ1v) is 9.33. The molecule has 3 aromatic rings. The van der Waals surface area contributed by atoms with E-state index in [0.717, 1.165) is 5.56 Å². The van der Waals surface area contributed by atoms with E-state index in [4.69, 9.17) is 9.47 Å². The van der Waals surface area contributed by atoms with Gasteiger partial charge in [-0.1, -0.05) is 30.3 Å². The first kappa shape index (κ1) is 20.9. The number of benzene rings is 3. The number of methoxy groups -OCH3 is 2. The Morgan fingerprint density at radius 3 is 2.23 bits per heavy atom. The van der Waals surface area contributed by atoms with E-state index in [2.05, 4.69) is 5.32 Å². The van der Waals surface area contributed by atoms with Crippen LogP contribution in [0.4, 0.5) is 11.4 Å². The van der Waals surface area contributed by atoms with Gasteiger partial charge in [0.15, 0.2) is 17.3 Å². The summed E-state index contributed by atoms with van der Waals surface area (Å²) in [6, 6.07) is 20.5. The molecule has 3 rings (SSSR count). The highest BCUT2D eigenvalue weighted by atomic mass is 16.6. The molecule has 1 unspecified atom stereocenters. The number of rotatable bonds is 9. The van der Waals surface area contributed by atoms with Crippen molar-refractivity contribution in [2.75, 3.05) is 19.5 Å². The molecule has 0 amide bonds. The first-order chi connectivity index (χ1) is 14.5. The molecule has 0 spiro atoms. The number of nitro benzene ring substituents is 1. The molecule has 0 fully saturated rings. The van der Waals surface area contributed by atoms with Crippen molar-refractivity contribution >= 4 is 17.2 Å². The largest absolute Gasteiger partial charge is 0.493 e. The van der Waals surface area contributed by atoms with Crippen molar-refractivity contribution in [1.29, 1.82) is 0 Å². The van der Waals surface area contributed by atoms with E-state index in [1.54, 1.807) is 37.4 Å². The quantitative estimate of drug-likeness (QED) is 0.304. The van der Waals surface area contributed by atoms with Crippen LogP contribution in [0, 0.1) is 10.1 Å². The van der Waals surface area contributed by atoms with Crippen molar-refractivity contribution in [2.45, 2.75) is 12.5 Å². The molecule has 0 saturated carbocycles. The molecule has 1 atom stereocenters. The Hall–Kier alpha value is -3.87. The molecule has 7 heteroatoms. The lowest BCUT2D eigenvalue weighted by Gasteiger charge is -2.20. The summed E-state index contributed by atoms with van der Waals surface area (Å²) in [5, 5.41) is 14.2. The predicted octanol–water partition coefficient (Wildman–Crippen LogP) is 5.04. The van der Waals surface area contributed by atoms with Crippen LogP contribution in [0.15, 0.2) is 72.8 Å². The lowest BCUT2D eigenvalue weighted by molar-refractivity contribution is -0.384. The molecule has 7 nitrogen and oxygen atoms in total. The Morgan fingerprint density at radius 1 is 0.967 bits per heavy atom. The normalized spacial score (nSPS) is 11.4. The van der Waals surface area contributed by atoms with Gasteiger partial charge in [-0.25, -0.2) is 0 Å². The van der Waals surface area contributed by atoms with Gasteiger partial charge < -0.3 is 14.8 Å². The van der Waals surface area contributed by atoms with Crippen LogP contribution in [0.2, 0.25) is 0 Å². The molecule has 0 aliphatic carbocycles. The molecule has 0 heterocycles. The summed E-state index contributed by atoms with van der Waals surface area (Å²) in [5.74, 6) is 0.972. The molecule has 0 aliphatic heterocycles. The Balaban J connectivity index is 1.84. The summed E-state index contributed by atoms with van der Waals surface area (Å²) in [6.07, 6.45) is 0.191. The minimum atomic E-state index is -0.445. The SMILES string of the molecule is COc1ccc(C(=O)CC(Nc2ccc([N+](=O)[O-])cc2)c2ccccc2)cc1OC. The zero-order valence-electron chi connectivity index (χ0n) is 16.7. The van der Waals surface area contributed by atoms with Gasteiger partial charge in [-0.3, -0.25) is 14.9 Å². The van der Waals surface area contributed by atoms with Crippen molar-refractivity contribution < 1.29 is 19.2 Å². The molecule has 0 bridgehead atoms. The molecule has 0 radical (unpaired) electrons. The van der Waals surface area contributed by atoms with Crippen molar-refractivity contribution in [3.63, 3.8) is 0 Å². The highest BCUT2D eigenvalue weighted by Gasteiger charge is 2.19. The highest BCUT2D eigenvalue weighted by Crippen LogP contribution is 2.30. The maximum atomic E-state index is 13.0. The lowest BCUT2D eigenvalue weighted by atomic mass is 9.97. The van der Waals surface area contributed by atoms with Crippen LogP contribution in [0.25, 0.3) is 0 Å². The third kappa shape index (κ3) is 4.94. The van der Waals surface area contributed by atoms with Gasteiger partial charge in [0.1, 0.15) is 0 Å². The average molecular weight is 406 g/mol. The van der Waals surface area contributed by atoms with Gasteiger partial charge in [-0.05, 0) is 35.9 Å². The summed E-state index contributed by atoms with van der Waals surface area (Å²) in [4.78, 5) is 23.4. The van der Waals surface area contributed by atoms with Gasteiger partial charge in [0.25, 0.3) is 5.69 Å². The average Bonchev–Trinajstić information content (AvgIpc) is 2.79. The Bertz CT molecular complexity index is 1020. The van der Waals surface area contributed by atoms with Crippen LogP contribution in [0.1, 0.15) is 28.4 Å². The van der Waals surface area contributed by atoms with Gasteiger partial charge in [0.05, 0.1) is 25.2 Å². The summed E-state index contributed by atoms with van der Waals surface area (Å²) in [5.41, 5.74) is 2.15. The van der Waals surface area contributed by atoms with E-state index < -0.39 is 4.92 Å². The summed E-state index contributed by atoms with van der Waals surface area (Å²) in [6.45, 7) is 0. The maximum absolute atomic E-state index is 13.0. The Morgan fingerprint density at radius 2 is 1.63 bits per heavy atom. The number of non-ortho nitro benzene ring substituents is 1. The standard InChI is InChI=1S/C23H22N2O5/c1-29-22-13-8-17(14-23(22)30-2)21(26)15-20(16-6-4-3-5-7-16)24-18-9-11-19(12-10-18)25(27)28/h3-14,20,24H,15H2,1-2H3. The molecule has 30 heavy (non-hydrogen) atoms. The number of nitrogens with one attached hydrogen (secondary N) is 1. The second kappa shape index (κ2) is 9.56. The van der Waals surface area contributed by atoms with E-state index in [0.29, 0.717) is 22.7 Å². The molecule has 0 saturated heterocycles. The highest BCUT2D eigenvalue weighted by molar-refractivity contribution is 5.97. The number of carbonyl (C=O) groups excluding carboxylic acids is 1. The summed E-state index contributed by atoms with van der Waals surface area (Å²) >= 11 is 0. The number of hydrogen-bond donors (Lipinski definition) is 1. The van der Waals surface area contributed by atoms with Crippen LogP contribution in [-0.2, 0) is 0 Å². The molecular formula is C23H22N2O5. The second-order valence-electron chi connectivity index (χ2n) is 6.61. The number of nitro groups is 1. The number of nitrogens with zero attached hydrogens (tertiary/aromatic N) is 1. The number of anilines is 1. The molecule has 154 valence electrons. The summed E-state index contributed by atoms with van der Waals surface area (Å²) in [7, 11) is 3.06. The molecular weight excluding hydrogens is 384 g/mol. The van der Waals surface area contributed by atoms with Gasteiger partial charge in [-0.15, -0.1) is 0 Å². The monoisotopic (exact) mass is 406 g/mol. The zero-order valence-corrected chi connectivity index (χ0v) is 16.7. The fourth-order valence-electron chi connectivity index (χ4n) is 3.13. The fraction of sp³-hybridized carbons (Fsp3) is 0.174. The third-order valence-electron chi connectivity index (χ3n) is 4.72. The van der Waals surface area contributed by atoms with Crippen molar-refractivity contribution in [3.8, 4) is 11.5 Å². The number of Topliss-reactive ketones (excluding diaryl/α,β-unsaturated/α-hetero) is 1. The van der Waals surface area contributed by atoms with Crippen LogP contribution in [-0.4, -0.2) is 24.9 Å². The van der Waals surface area contributed by atoms with Gasteiger partial charge in [0.2, 0.25) is 0 Å². The van der Waals surface area contributed by atoms with Crippen LogP contribution in [0.3, 0.4) is 0 Å². The Labute approximate surface area is 174 Å². The lowest BCUT2D eigenvalue weighted by Crippen LogP contribution is -2.16. The van der Waals surface area contributed by atoms with Crippen LogP contribution < -0.4 is 14.8 Å². The van der Waals surface area contributed by atoms with Crippen molar-refractivity contribution in [1.82, 2.24) is 0 Å². The maximum Gasteiger partial charge on any atom is 0.269 e. The molecule has 0 aromatic heterocycles. The molecule has 1 N–H and O–H groups in total. The minimum Gasteiger partial charge on any atom is -0.493 e. The number of hydrogen-bond acceptors (Lipinski definition) is 6. The second-order valence-corrected chi connectivity index (χ2v) is 6.61. The zero-order chi connectivity index (χ0) is 21.5. The number of ketones is 1.